The van der Waals surface area contributed by atoms with Crippen molar-refractivity contribution in [3.8, 4) is 0 Å². The van der Waals surface area contributed by atoms with E-state index in [-0.39, 0.29) is 16.6 Å². The smallest absolute Gasteiger partial charge is 0.121 e. The van der Waals surface area contributed by atoms with E-state index in [9.17, 15) is 0 Å². The van der Waals surface area contributed by atoms with Gasteiger partial charge in [0.05, 0.1) is 5.60 Å². The Hall–Kier alpha value is -2.64. The van der Waals surface area contributed by atoms with Gasteiger partial charge in [-0.15, -0.1) is 0 Å². The normalized spacial score (nSPS) is 31.2. The van der Waals surface area contributed by atoms with Crippen LogP contribution in [0.5, 0.6) is 0 Å². The first-order valence-corrected chi connectivity index (χ1v) is 15.7. The first-order valence-electron chi connectivity index (χ1n) is 15.7. The summed E-state index contributed by atoms with van der Waals surface area (Å²) in [6.07, 6.45) is 39.2. The van der Waals surface area contributed by atoms with Crippen molar-refractivity contribution in [2.24, 2.45) is 16.7 Å². The van der Waals surface area contributed by atoms with E-state index < -0.39 is 0 Å². The molecule has 0 aromatic heterocycles. The summed E-state index contributed by atoms with van der Waals surface area (Å²) in [7, 11) is 0. The van der Waals surface area contributed by atoms with E-state index in [0.29, 0.717) is 11.3 Å². The molecule has 1 aliphatic heterocycles. The number of allylic oxidation sites excluding steroid dienone is 19. The van der Waals surface area contributed by atoms with Crippen LogP contribution in [0, 0.1) is 16.7 Å². The van der Waals surface area contributed by atoms with Gasteiger partial charge in [0.15, 0.2) is 0 Å². The Kier molecular flexibility index (Phi) is 10.9. The van der Waals surface area contributed by atoms with Gasteiger partial charge in [-0.05, 0) is 85.1 Å². The van der Waals surface area contributed by atoms with Crippen LogP contribution in [0.1, 0.15) is 101 Å². The van der Waals surface area contributed by atoms with Crippen LogP contribution < -0.4 is 0 Å². The molecule has 1 nitrogen and oxygen atoms in total. The summed E-state index contributed by atoms with van der Waals surface area (Å²) in [6, 6.07) is 0. The molecule has 0 radical (unpaired) electrons. The van der Waals surface area contributed by atoms with Crippen LogP contribution in [0.15, 0.2) is 119 Å². The maximum absolute atomic E-state index is 6.34. The van der Waals surface area contributed by atoms with E-state index >= 15 is 0 Å². The molecule has 1 heteroatoms. The largest absolute Gasteiger partial charge is 0.358 e. The second-order valence-electron chi connectivity index (χ2n) is 14.2. The Bertz CT molecular complexity index is 1250. The van der Waals surface area contributed by atoms with Crippen molar-refractivity contribution in [3.63, 3.8) is 0 Å². The van der Waals surface area contributed by atoms with Crippen molar-refractivity contribution in [2.45, 2.75) is 113 Å². The third-order valence-electron chi connectivity index (χ3n) is 9.58. The zero-order chi connectivity index (χ0) is 30.3. The number of epoxide rings is 1. The van der Waals surface area contributed by atoms with Crippen molar-refractivity contribution in [1.29, 1.82) is 0 Å². The minimum absolute atomic E-state index is 0.0195. The van der Waals surface area contributed by atoms with E-state index in [1.54, 1.807) is 0 Å². The monoisotopic (exact) mass is 552 g/mol. The van der Waals surface area contributed by atoms with E-state index in [1.165, 1.54) is 53.5 Å². The lowest BCUT2D eigenvalue weighted by molar-refractivity contribution is 0.166. The van der Waals surface area contributed by atoms with Crippen LogP contribution in [0.2, 0.25) is 0 Å². The maximum atomic E-state index is 6.34. The van der Waals surface area contributed by atoms with Gasteiger partial charge in [0.25, 0.3) is 0 Å². The highest BCUT2D eigenvalue weighted by Crippen LogP contribution is 2.66. The van der Waals surface area contributed by atoms with Crippen LogP contribution in [0.25, 0.3) is 0 Å². The Morgan fingerprint density at radius 1 is 0.707 bits per heavy atom. The molecule has 0 bridgehead atoms. The Morgan fingerprint density at radius 3 is 1.80 bits per heavy atom. The number of fused-ring (bicyclic) bond motifs is 1. The maximum Gasteiger partial charge on any atom is 0.121 e. The van der Waals surface area contributed by atoms with Crippen molar-refractivity contribution in [1.82, 2.24) is 0 Å². The molecule has 1 saturated heterocycles. The van der Waals surface area contributed by atoms with Crippen LogP contribution in [-0.4, -0.2) is 11.2 Å². The molecule has 1 heterocycles. The van der Waals surface area contributed by atoms with Gasteiger partial charge in [0.2, 0.25) is 0 Å². The van der Waals surface area contributed by atoms with Crippen LogP contribution in [0.3, 0.4) is 0 Å². The Labute approximate surface area is 252 Å². The topological polar surface area (TPSA) is 12.5 Å². The quantitative estimate of drug-likeness (QED) is 0.149. The van der Waals surface area contributed by atoms with Crippen LogP contribution in [0.4, 0.5) is 0 Å². The van der Waals surface area contributed by atoms with Gasteiger partial charge in [-0.2, -0.15) is 0 Å². The summed E-state index contributed by atoms with van der Waals surface area (Å²) in [5.41, 5.74) is 6.92. The number of hydrogen-bond acceptors (Lipinski definition) is 1. The molecule has 2 fully saturated rings. The van der Waals surface area contributed by atoms with Crippen molar-refractivity contribution >= 4 is 0 Å². The zero-order valence-electron chi connectivity index (χ0n) is 27.7. The molecule has 3 aliphatic rings. The van der Waals surface area contributed by atoms with E-state index in [1.807, 2.05) is 0 Å². The molecule has 3 atom stereocenters. The fraction of sp³-hybridized carbons (Fsp3) is 0.500. The van der Waals surface area contributed by atoms with Gasteiger partial charge in [0, 0.05) is 11.3 Å². The highest BCUT2D eigenvalue weighted by Gasteiger charge is 2.73. The molecule has 2 unspecified atom stereocenters. The second kappa shape index (κ2) is 13.6. The zero-order valence-corrected chi connectivity index (χ0v) is 27.7. The third-order valence-corrected chi connectivity index (χ3v) is 9.58. The highest BCUT2D eigenvalue weighted by molar-refractivity contribution is 5.36. The lowest BCUT2D eigenvalue weighted by Crippen LogP contribution is -2.41. The van der Waals surface area contributed by atoms with Gasteiger partial charge in [-0.1, -0.05) is 141 Å². The summed E-state index contributed by atoms with van der Waals surface area (Å²) >= 11 is 0. The molecule has 222 valence electrons. The first kappa shape index (κ1) is 32.9. The number of ether oxygens (including phenoxy) is 1. The minimum atomic E-state index is -0.104. The Balaban J connectivity index is 1.48. The fourth-order valence-corrected chi connectivity index (χ4v) is 6.73. The number of hydrogen-bond donors (Lipinski definition) is 0. The van der Waals surface area contributed by atoms with Crippen molar-refractivity contribution in [2.75, 3.05) is 0 Å². The molecular weight excluding hydrogens is 496 g/mol. The lowest BCUT2D eigenvalue weighted by atomic mass is 9.64. The van der Waals surface area contributed by atoms with Gasteiger partial charge in [-0.3, -0.25) is 0 Å². The molecule has 0 aromatic carbocycles. The summed E-state index contributed by atoms with van der Waals surface area (Å²) in [5.74, 6) is 0.529. The molecular formula is C40H56O. The predicted octanol–water partition coefficient (Wildman–Crippen LogP) is 11.7. The van der Waals surface area contributed by atoms with E-state index in [4.69, 9.17) is 4.74 Å². The summed E-state index contributed by atoms with van der Waals surface area (Å²) in [6.45, 7) is 22.6. The van der Waals surface area contributed by atoms with Crippen LogP contribution >= 0.6 is 0 Å². The van der Waals surface area contributed by atoms with Gasteiger partial charge < -0.3 is 4.74 Å². The van der Waals surface area contributed by atoms with Crippen LogP contribution in [-0.2, 0) is 4.74 Å². The molecule has 1 saturated carbocycles. The number of rotatable bonds is 10. The molecule has 0 amide bonds. The van der Waals surface area contributed by atoms with Gasteiger partial charge in [-0.25, -0.2) is 0 Å². The average Bonchev–Trinajstić information content (AvgIpc) is 3.52. The summed E-state index contributed by atoms with van der Waals surface area (Å²) < 4.78 is 6.34. The highest BCUT2D eigenvalue weighted by atomic mass is 16.6. The standard InChI is InChI=1S/C40H56O/c1-31(19-13-21-33(3)24-25-36-35(5)23-15-27-37(36,6)7)17-11-12-18-32(2)20-14-22-34(4)26-30-40-38(8,9)28-16-29-39(40,10)41-40/h11-14,17-26,30,36H,15-16,27-29H2,1-10H3/b12-11+,19-13+,20-14+,25-24+,30-26+,31-17+,32-18+,33-21+,34-22+/t36-,39?,40?/m0/s1. The van der Waals surface area contributed by atoms with Gasteiger partial charge in [0.1, 0.15) is 5.60 Å². The third kappa shape index (κ3) is 8.45. The minimum Gasteiger partial charge on any atom is -0.358 e. The molecule has 3 rings (SSSR count). The lowest BCUT2D eigenvalue weighted by Gasteiger charge is -2.36. The Morgan fingerprint density at radius 2 is 1.24 bits per heavy atom. The molecule has 0 aromatic rings. The molecule has 41 heavy (non-hydrogen) atoms. The van der Waals surface area contributed by atoms with E-state index in [2.05, 4.69) is 160 Å². The fourth-order valence-electron chi connectivity index (χ4n) is 6.73. The average molecular weight is 553 g/mol. The summed E-state index contributed by atoms with van der Waals surface area (Å²) in [5, 5.41) is 0. The molecule has 2 aliphatic carbocycles. The van der Waals surface area contributed by atoms with Crippen molar-refractivity contribution < 1.29 is 4.74 Å². The summed E-state index contributed by atoms with van der Waals surface area (Å²) in [4.78, 5) is 0. The second-order valence-corrected chi connectivity index (χ2v) is 14.2. The predicted molar refractivity (Wildman–Crippen MR) is 181 cm³/mol. The van der Waals surface area contributed by atoms with Gasteiger partial charge >= 0.3 is 0 Å². The molecule has 0 N–H and O–H groups in total. The van der Waals surface area contributed by atoms with E-state index in [0.717, 1.165) is 6.42 Å². The first-order chi connectivity index (χ1) is 19.2. The molecule has 0 spiro atoms. The SMILES string of the molecule is CC1=CCCC(C)(C)[C@H]1/C=C/C(C)=C/C=C/C(C)=C/C=C/C=C(C)/C=C/C=C(C)/C=C/C12OC1(C)CCCC2(C)C. The van der Waals surface area contributed by atoms with Crippen molar-refractivity contribution in [3.05, 3.63) is 119 Å².